The third kappa shape index (κ3) is 8.08. The molecule has 0 unspecified atom stereocenters. The van der Waals surface area contributed by atoms with Gasteiger partial charge in [-0.05, 0) is 31.0 Å². The van der Waals surface area contributed by atoms with Crippen molar-refractivity contribution < 1.29 is 19.1 Å². The van der Waals surface area contributed by atoms with Gasteiger partial charge in [0.15, 0.2) is 0 Å². The van der Waals surface area contributed by atoms with Crippen LogP contribution in [0.1, 0.15) is 36.8 Å². The molecule has 2 aromatic heterocycles. The fourth-order valence-corrected chi connectivity index (χ4v) is 6.84. The number of rotatable bonds is 14. The summed E-state index contributed by atoms with van der Waals surface area (Å²) >= 11 is 14.1. The highest BCUT2D eigenvalue weighted by Gasteiger charge is 2.22. The van der Waals surface area contributed by atoms with Gasteiger partial charge in [0.25, 0.3) is 0 Å². The monoisotopic (exact) mass is 703 g/mol. The lowest BCUT2D eigenvalue weighted by atomic mass is 10.0. The molecular weight excluding hydrogens is 665 g/mol. The molecule has 0 saturated carbocycles. The molecule has 2 aromatic carbocycles. The molecular formula is C36H39Cl2N7O4. The minimum absolute atomic E-state index is 0.0903. The van der Waals surface area contributed by atoms with Crippen LogP contribution in [-0.2, 0) is 22.7 Å². The van der Waals surface area contributed by atoms with E-state index in [1.807, 2.05) is 42.5 Å². The number of aromatic nitrogens is 2. The molecule has 4 aromatic rings. The van der Waals surface area contributed by atoms with Gasteiger partial charge in [-0.15, -0.1) is 0 Å². The lowest BCUT2D eigenvalue weighted by Crippen LogP contribution is -2.35. The molecule has 2 aliphatic heterocycles. The molecule has 13 heteroatoms. The van der Waals surface area contributed by atoms with Gasteiger partial charge in [0, 0.05) is 91.3 Å². The first-order valence-corrected chi connectivity index (χ1v) is 17.0. The van der Waals surface area contributed by atoms with E-state index in [-0.39, 0.29) is 23.9 Å². The number of nitrogens with zero attached hydrogens (tertiary/aromatic N) is 2. The second-order valence-corrected chi connectivity index (χ2v) is 12.8. The van der Waals surface area contributed by atoms with Crippen LogP contribution in [-0.4, -0.2) is 61.2 Å². The van der Waals surface area contributed by atoms with Gasteiger partial charge in [-0.2, -0.15) is 0 Å². The van der Waals surface area contributed by atoms with Crippen molar-refractivity contribution in [2.75, 3.05) is 32.6 Å². The third-order valence-corrected chi connectivity index (χ3v) is 9.55. The Bertz CT molecular complexity index is 1840. The molecule has 0 bridgehead atoms. The molecule has 6 rings (SSSR count). The van der Waals surface area contributed by atoms with Gasteiger partial charge in [0.2, 0.25) is 11.8 Å². The van der Waals surface area contributed by atoms with Crippen molar-refractivity contribution in [3.63, 3.8) is 0 Å². The van der Waals surface area contributed by atoms with Crippen LogP contribution in [0, 0.1) is 0 Å². The average Bonchev–Trinajstić information content (AvgIpc) is 3.73. The number of amides is 2. The molecule has 0 radical (unpaired) electrons. The van der Waals surface area contributed by atoms with E-state index >= 15 is 0 Å². The van der Waals surface area contributed by atoms with Crippen molar-refractivity contribution in [3.05, 3.63) is 82.2 Å². The highest BCUT2D eigenvalue weighted by Crippen LogP contribution is 2.42. The number of anilines is 2. The summed E-state index contributed by atoms with van der Waals surface area (Å²) in [5.41, 5.74) is 6.03. The predicted molar refractivity (Wildman–Crippen MR) is 191 cm³/mol. The van der Waals surface area contributed by atoms with Crippen LogP contribution in [0.25, 0.3) is 22.4 Å². The van der Waals surface area contributed by atoms with Crippen molar-refractivity contribution >= 4 is 46.4 Å². The summed E-state index contributed by atoms with van der Waals surface area (Å²) in [6, 6.07) is 13.7. The summed E-state index contributed by atoms with van der Waals surface area (Å²) in [7, 11) is 3.25. The fraction of sp³-hybridized carbons (Fsp3) is 0.333. The summed E-state index contributed by atoms with van der Waals surface area (Å²) in [4.78, 5) is 32.1. The molecule has 0 aliphatic carbocycles. The number of ether oxygens (including phenoxy) is 2. The largest absolute Gasteiger partial charge is 0.496 e. The minimum atomic E-state index is 0.0903. The van der Waals surface area contributed by atoms with Gasteiger partial charge in [-0.1, -0.05) is 47.5 Å². The van der Waals surface area contributed by atoms with Crippen molar-refractivity contribution in [1.29, 1.82) is 0 Å². The molecule has 256 valence electrons. The van der Waals surface area contributed by atoms with E-state index in [2.05, 4.69) is 36.6 Å². The van der Waals surface area contributed by atoms with Crippen molar-refractivity contribution in [1.82, 2.24) is 31.2 Å². The second-order valence-electron chi connectivity index (χ2n) is 12.1. The molecule has 5 N–H and O–H groups in total. The van der Waals surface area contributed by atoms with Crippen molar-refractivity contribution in [3.8, 4) is 33.9 Å². The maximum Gasteiger partial charge on any atom is 0.220 e. The Kier molecular flexibility index (Phi) is 11.1. The van der Waals surface area contributed by atoms with Gasteiger partial charge in [-0.25, -0.2) is 0 Å². The summed E-state index contributed by atoms with van der Waals surface area (Å²) in [6.45, 7) is 2.45. The standard InChI is InChI=1S/C36H39Cl2N7O4/c1-48-30-14-21(6-7-22(30)15-39-18-24-8-10-31(46)43-24)35-34(38)27(12-13-42-35)26-4-3-5-28(33(26)37)45-29-20-41-17-23(36(29)49-2)16-40-19-25-9-11-32(47)44-25/h3-7,12-14,17,20,24-25,39-40,45H,8-11,15-16,18-19H2,1-2H3,(H,43,46)(H,44,47)/t24-,25-/m0/s1. The third-order valence-electron chi connectivity index (χ3n) is 8.76. The van der Waals surface area contributed by atoms with Crippen LogP contribution in [0.2, 0.25) is 10.0 Å². The molecule has 2 saturated heterocycles. The quantitative estimate of drug-likeness (QED) is 0.113. The van der Waals surface area contributed by atoms with Gasteiger partial charge >= 0.3 is 0 Å². The van der Waals surface area contributed by atoms with E-state index in [1.165, 1.54) is 0 Å². The fourth-order valence-electron chi connectivity index (χ4n) is 6.24. The SMILES string of the molecule is COc1cc(-c2nccc(-c3cccc(Nc4cncc(CNC[C@@H]5CCC(=O)N5)c4OC)c3Cl)c2Cl)ccc1CNC[C@@H]1CCC(=O)N1. The van der Waals surface area contributed by atoms with Crippen LogP contribution in [0.4, 0.5) is 11.4 Å². The topological polar surface area (TPSA) is 139 Å². The lowest BCUT2D eigenvalue weighted by molar-refractivity contribution is -0.120. The number of hydrogen-bond acceptors (Lipinski definition) is 9. The van der Waals surface area contributed by atoms with E-state index in [4.69, 9.17) is 32.7 Å². The lowest BCUT2D eigenvalue weighted by Gasteiger charge is -2.18. The molecule has 0 spiro atoms. The van der Waals surface area contributed by atoms with Crippen LogP contribution in [0.15, 0.2) is 61.1 Å². The number of carbonyl (C=O) groups is 2. The van der Waals surface area contributed by atoms with Gasteiger partial charge in [0.05, 0.1) is 41.8 Å². The van der Waals surface area contributed by atoms with Gasteiger partial charge < -0.3 is 36.1 Å². The Morgan fingerprint density at radius 2 is 1.51 bits per heavy atom. The highest BCUT2D eigenvalue weighted by molar-refractivity contribution is 6.39. The number of benzene rings is 2. The number of methoxy groups -OCH3 is 2. The summed E-state index contributed by atoms with van der Waals surface area (Å²) in [5, 5.41) is 17.1. The van der Waals surface area contributed by atoms with Gasteiger partial charge in [0.1, 0.15) is 17.2 Å². The average molecular weight is 705 g/mol. The van der Waals surface area contributed by atoms with Crippen LogP contribution < -0.4 is 36.1 Å². The number of halogens is 2. The zero-order valence-electron chi connectivity index (χ0n) is 27.4. The minimum Gasteiger partial charge on any atom is -0.496 e. The van der Waals surface area contributed by atoms with Crippen molar-refractivity contribution in [2.24, 2.45) is 0 Å². The maximum atomic E-state index is 11.5. The zero-order chi connectivity index (χ0) is 34.3. The Balaban J connectivity index is 1.19. The first kappa shape index (κ1) is 34.4. The normalized spacial score (nSPS) is 17.1. The molecule has 11 nitrogen and oxygen atoms in total. The van der Waals surface area contributed by atoms with E-state index in [1.54, 1.807) is 32.8 Å². The van der Waals surface area contributed by atoms with Crippen LogP contribution >= 0.6 is 23.2 Å². The molecule has 4 heterocycles. The second kappa shape index (κ2) is 15.9. The molecule has 2 atom stereocenters. The van der Waals surface area contributed by atoms with E-state index in [9.17, 15) is 9.59 Å². The van der Waals surface area contributed by atoms with Gasteiger partial charge in [-0.3, -0.25) is 19.6 Å². The van der Waals surface area contributed by atoms with Crippen molar-refractivity contribution in [2.45, 2.75) is 50.9 Å². The van der Waals surface area contributed by atoms with E-state index < -0.39 is 0 Å². The maximum absolute atomic E-state index is 11.5. The number of pyridine rings is 2. The van der Waals surface area contributed by atoms with Crippen LogP contribution in [0.3, 0.4) is 0 Å². The zero-order valence-corrected chi connectivity index (χ0v) is 28.9. The Labute approximate surface area is 295 Å². The number of nitrogens with one attached hydrogen (secondary N) is 5. The van der Waals surface area contributed by atoms with Crippen LogP contribution in [0.5, 0.6) is 11.5 Å². The first-order chi connectivity index (χ1) is 23.8. The van der Waals surface area contributed by atoms with E-state index in [0.717, 1.165) is 40.7 Å². The molecule has 2 amide bonds. The van der Waals surface area contributed by atoms with E-state index in [0.29, 0.717) is 77.6 Å². The highest BCUT2D eigenvalue weighted by atomic mass is 35.5. The Hall–Kier alpha value is -4.42. The summed E-state index contributed by atoms with van der Waals surface area (Å²) in [6.07, 6.45) is 7.97. The molecule has 49 heavy (non-hydrogen) atoms. The Morgan fingerprint density at radius 1 is 0.816 bits per heavy atom. The summed E-state index contributed by atoms with van der Waals surface area (Å²) < 4.78 is 11.5. The molecule has 2 aliphatic rings. The smallest absolute Gasteiger partial charge is 0.220 e. The number of carbonyl (C=O) groups excluding carboxylic acids is 2. The summed E-state index contributed by atoms with van der Waals surface area (Å²) in [5.74, 6) is 1.54. The predicted octanol–water partition coefficient (Wildman–Crippen LogP) is 5.61. The molecule has 2 fully saturated rings. The number of hydrogen-bond donors (Lipinski definition) is 5. The first-order valence-electron chi connectivity index (χ1n) is 16.2. The Morgan fingerprint density at radius 3 is 2.16 bits per heavy atom.